The van der Waals surface area contributed by atoms with Crippen molar-refractivity contribution in [2.45, 2.75) is 6.61 Å². The normalized spacial score (nSPS) is 9.83. The first-order valence-corrected chi connectivity index (χ1v) is 5.31. The van der Waals surface area contributed by atoms with E-state index < -0.39 is 0 Å². The first-order chi connectivity index (χ1) is 8.74. The molecule has 0 saturated carbocycles. The number of hydrogen-bond donors (Lipinski definition) is 1. The zero-order valence-electron chi connectivity index (χ0n) is 9.43. The van der Waals surface area contributed by atoms with Gasteiger partial charge in [-0.3, -0.25) is 0 Å². The fourth-order valence-corrected chi connectivity index (χ4v) is 1.55. The molecule has 0 fully saturated rings. The molecule has 90 valence electrons. The summed E-state index contributed by atoms with van der Waals surface area (Å²) in [7, 11) is 0. The molecule has 0 aliphatic carbocycles. The molecule has 0 aliphatic heterocycles. The molecule has 0 aliphatic rings. The Morgan fingerprint density at radius 1 is 1.17 bits per heavy atom. The van der Waals surface area contributed by atoms with E-state index in [0.29, 0.717) is 17.1 Å². The van der Waals surface area contributed by atoms with Crippen molar-refractivity contribution in [3.8, 4) is 17.6 Å². The number of nitriles is 1. The molecule has 0 unspecified atom stereocenters. The van der Waals surface area contributed by atoms with Crippen molar-refractivity contribution >= 4 is 0 Å². The second-order valence-corrected chi connectivity index (χ2v) is 3.62. The van der Waals surface area contributed by atoms with Crippen molar-refractivity contribution in [3.05, 3.63) is 59.4 Å². The van der Waals surface area contributed by atoms with Crippen LogP contribution in [-0.4, -0.2) is 5.11 Å². The molecular formula is C14H10FNO2. The van der Waals surface area contributed by atoms with Crippen LogP contribution in [0.15, 0.2) is 42.5 Å². The lowest BCUT2D eigenvalue weighted by Gasteiger charge is -2.09. The van der Waals surface area contributed by atoms with Crippen LogP contribution in [0.3, 0.4) is 0 Å². The summed E-state index contributed by atoms with van der Waals surface area (Å²) >= 11 is 0. The quantitative estimate of drug-likeness (QED) is 0.901. The molecule has 0 saturated heterocycles. The Morgan fingerprint density at radius 3 is 2.50 bits per heavy atom. The molecule has 0 atom stereocenters. The summed E-state index contributed by atoms with van der Waals surface area (Å²) in [5.41, 5.74) is 0.779. The molecule has 0 amide bonds. The third-order valence-corrected chi connectivity index (χ3v) is 2.44. The average molecular weight is 243 g/mol. The second-order valence-electron chi connectivity index (χ2n) is 3.62. The van der Waals surface area contributed by atoms with Crippen LogP contribution >= 0.6 is 0 Å². The van der Waals surface area contributed by atoms with Gasteiger partial charge in [0.05, 0.1) is 6.61 Å². The third-order valence-electron chi connectivity index (χ3n) is 2.44. The highest BCUT2D eigenvalue weighted by atomic mass is 19.1. The SMILES string of the molecule is N#Cc1c(CO)cccc1Oc1ccc(F)cc1. The van der Waals surface area contributed by atoms with E-state index in [-0.39, 0.29) is 18.0 Å². The molecule has 0 bridgehead atoms. The maximum absolute atomic E-state index is 12.7. The van der Waals surface area contributed by atoms with Gasteiger partial charge in [0.25, 0.3) is 0 Å². The first-order valence-electron chi connectivity index (χ1n) is 5.31. The lowest BCUT2D eigenvalue weighted by Crippen LogP contribution is -1.94. The second kappa shape index (κ2) is 5.30. The summed E-state index contributed by atoms with van der Waals surface area (Å²) in [6, 6.07) is 12.4. The highest BCUT2D eigenvalue weighted by Crippen LogP contribution is 2.27. The largest absolute Gasteiger partial charge is 0.456 e. The Kier molecular flexibility index (Phi) is 3.56. The van der Waals surface area contributed by atoms with Gasteiger partial charge in [-0.2, -0.15) is 5.26 Å². The molecule has 0 aromatic heterocycles. The fraction of sp³-hybridized carbons (Fsp3) is 0.0714. The number of aliphatic hydroxyl groups excluding tert-OH is 1. The monoisotopic (exact) mass is 243 g/mol. The summed E-state index contributed by atoms with van der Waals surface area (Å²) < 4.78 is 18.2. The van der Waals surface area contributed by atoms with Gasteiger partial charge in [-0.15, -0.1) is 0 Å². The van der Waals surface area contributed by atoms with E-state index in [9.17, 15) is 4.39 Å². The van der Waals surface area contributed by atoms with Crippen LogP contribution in [0.25, 0.3) is 0 Å². The Morgan fingerprint density at radius 2 is 1.89 bits per heavy atom. The number of aliphatic hydroxyl groups is 1. The predicted octanol–water partition coefficient (Wildman–Crippen LogP) is 2.98. The van der Waals surface area contributed by atoms with Gasteiger partial charge in [-0.05, 0) is 35.9 Å². The lowest BCUT2D eigenvalue weighted by atomic mass is 10.1. The van der Waals surface area contributed by atoms with E-state index in [0.717, 1.165) is 0 Å². The van der Waals surface area contributed by atoms with Gasteiger partial charge in [0.15, 0.2) is 0 Å². The predicted molar refractivity (Wildman–Crippen MR) is 63.6 cm³/mol. The molecule has 18 heavy (non-hydrogen) atoms. The van der Waals surface area contributed by atoms with E-state index in [1.807, 2.05) is 6.07 Å². The van der Waals surface area contributed by atoms with E-state index in [1.165, 1.54) is 24.3 Å². The van der Waals surface area contributed by atoms with Gasteiger partial charge in [0.2, 0.25) is 0 Å². The number of rotatable bonds is 3. The topological polar surface area (TPSA) is 53.2 Å². The average Bonchev–Trinajstić information content (AvgIpc) is 2.41. The van der Waals surface area contributed by atoms with Crippen LogP contribution in [0.4, 0.5) is 4.39 Å². The van der Waals surface area contributed by atoms with Gasteiger partial charge in [-0.1, -0.05) is 12.1 Å². The summed E-state index contributed by atoms with van der Waals surface area (Å²) in [4.78, 5) is 0. The molecule has 0 spiro atoms. The zero-order valence-corrected chi connectivity index (χ0v) is 9.43. The summed E-state index contributed by atoms with van der Waals surface area (Å²) in [5, 5.41) is 18.2. The lowest BCUT2D eigenvalue weighted by molar-refractivity contribution is 0.281. The Balaban J connectivity index is 2.35. The number of hydrogen-bond acceptors (Lipinski definition) is 3. The molecule has 2 rings (SSSR count). The van der Waals surface area contributed by atoms with Crippen LogP contribution in [0, 0.1) is 17.1 Å². The van der Waals surface area contributed by atoms with Gasteiger partial charge in [0, 0.05) is 0 Å². The maximum atomic E-state index is 12.7. The highest BCUT2D eigenvalue weighted by Gasteiger charge is 2.09. The van der Waals surface area contributed by atoms with E-state index in [4.69, 9.17) is 15.1 Å². The standard InChI is InChI=1S/C14H10FNO2/c15-11-4-6-12(7-5-11)18-14-3-1-2-10(9-17)13(14)8-16/h1-7,17H,9H2. The maximum Gasteiger partial charge on any atom is 0.145 e. The van der Waals surface area contributed by atoms with Crippen molar-refractivity contribution in [2.24, 2.45) is 0 Å². The minimum absolute atomic E-state index is 0.233. The van der Waals surface area contributed by atoms with Crippen molar-refractivity contribution in [1.82, 2.24) is 0 Å². The zero-order chi connectivity index (χ0) is 13.0. The van der Waals surface area contributed by atoms with Gasteiger partial charge in [-0.25, -0.2) is 4.39 Å². The van der Waals surface area contributed by atoms with Crippen molar-refractivity contribution in [2.75, 3.05) is 0 Å². The number of nitrogens with zero attached hydrogens (tertiary/aromatic N) is 1. The van der Waals surface area contributed by atoms with Crippen LogP contribution < -0.4 is 4.74 Å². The molecule has 2 aromatic rings. The molecule has 2 aromatic carbocycles. The van der Waals surface area contributed by atoms with Gasteiger partial charge < -0.3 is 9.84 Å². The Labute approximate surface area is 104 Å². The van der Waals surface area contributed by atoms with Crippen molar-refractivity contribution in [3.63, 3.8) is 0 Å². The van der Waals surface area contributed by atoms with Crippen molar-refractivity contribution in [1.29, 1.82) is 5.26 Å². The smallest absolute Gasteiger partial charge is 0.145 e. The Bertz CT molecular complexity index is 588. The molecule has 1 N–H and O–H groups in total. The van der Waals surface area contributed by atoms with Gasteiger partial charge >= 0.3 is 0 Å². The highest BCUT2D eigenvalue weighted by molar-refractivity contribution is 5.50. The fourth-order valence-electron chi connectivity index (χ4n) is 1.55. The first kappa shape index (κ1) is 12.1. The minimum atomic E-state index is -0.355. The van der Waals surface area contributed by atoms with E-state index >= 15 is 0 Å². The number of ether oxygens (including phenoxy) is 1. The summed E-state index contributed by atoms with van der Waals surface area (Å²) in [5.74, 6) is 0.422. The van der Waals surface area contributed by atoms with Crippen molar-refractivity contribution < 1.29 is 14.2 Å². The summed E-state index contributed by atoms with van der Waals surface area (Å²) in [6.07, 6.45) is 0. The molecule has 0 heterocycles. The van der Waals surface area contributed by atoms with Crippen LogP contribution in [0.2, 0.25) is 0 Å². The molecular weight excluding hydrogens is 233 g/mol. The third kappa shape index (κ3) is 2.47. The van der Waals surface area contributed by atoms with Gasteiger partial charge in [0.1, 0.15) is 28.9 Å². The number of benzene rings is 2. The minimum Gasteiger partial charge on any atom is -0.456 e. The summed E-state index contributed by atoms with van der Waals surface area (Å²) in [6.45, 7) is -0.233. The van der Waals surface area contributed by atoms with Crippen LogP contribution in [-0.2, 0) is 6.61 Å². The van der Waals surface area contributed by atoms with Crippen LogP contribution in [0.5, 0.6) is 11.5 Å². The van der Waals surface area contributed by atoms with E-state index in [1.54, 1.807) is 18.2 Å². The van der Waals surface area contributed by atoms with E-state index in [2.05, 4.69) is 0 Å². The number of halogens is 1. The molecule has 3 nitrogen and oxygen atoms in total. The molecule has 4 heteroatoms. The Hall–Kier alpha value is -2.38. The van der Waals surface area contributed by atoms with Crippen LogP contribution in [0.1, 0.15) is 11.1 Å². The molecule has 0 radical (unpaired) electrons.